The van der Waals surface area contributed by atoms with Gasteiger partial charge in [-0.05, 0) is 23.8 Å². The lowest BCUT2D eigenvalue weighted by molar-refractivity contribution is 0.589. The van der Waals surface area contributed by atoms with Gasteiger partial charge in [0.2, 0.25) is 0 Å². The fraction of sp³-hybridized carbons (Fsp3) is 0.235. The van der Waals surface area contributed by atoms with E-state index in [0.29, 0.717) is 11.1 Å². The third-order valence-electron chi connectivity index (χ3n) is 3.43. The van der Waals surface area contributed by atoms with Gasteiger partial charge < -0.3 is 5.32 Å². The predicted molar refractivity (Wildman–Crippen MR) is 88.1 cm³/mol. The van der Waals surface area contributed by atoms with Gasteiger partial charge in [0.15, 0.2) is 0 Å². The lowest BCUT2D eigenvalue weighted by atomic mass is 10.2. The van der Waals surface area contributed by atoms with E-state index in [1.165, 1.54) is 5.56 Å². The zero-order valence-electron chi connectivity index (χ0n) is 12.2. The number of halogens is 1. The molecular formula is C17H18ClN3. The van der Waals surface area contributed by atoms with E-state index in [1.54, 1.807) is 0 Å². The van der Waals surface area contributed by atoms with Gasteiger partial charge in [-0.15, -0.1) is 0 Å². The molecule has 0 fully saturated rings. The first kappa shape index (κ1) is 14.1. The summed E-state index contributed by atoms with van der Waals surface area (Å²) in [7, 11) is 0. The maximum Gasteiger partial charge on any atom is 0.0839 e. The van der Waals surface area contributed by atoms with Crippen LogP contribution in [0.4, 0.5) is 0 Å². The fourth-order valence-corrected chi connectivity index (χ4v) is 2.60. The Morgan fingerprint density at radius 1 is 1.19 bits per heavy atom. The minimum absolute atomic E-state index is 0.457. The van der Waals surface area contributed by atoms with Crippen LogP contribution in [0.15, 0.2) is 48.7 Å². The Morgan fingerprint density at radius 2 is 2.00 bits per heavy atom. The zero-order chi connectivity index (χ0) is 14.8. The first-order chi connectivity index (χ1) is 10.1. The van der Waals surface area contributed by atoms with E-state index < -0.39 is 0 Å². The summed E-state index contributed by atoms with van der Waals surface area (Å²) in [4.78, 5) is 0. The van der Waals surface area contributed by atoms with Crippen molar-refractivity contribution in [3.63, 3.8) is 0 Å². The molecule has 1 heterocycles. The molecule has 108 valence electrons. The van der Waals surface area contributed by atoms with Gasteiger partial charge in [-0.3, -0.25) is 0 Å². The van der Waals surface area contributed by atoms with Crippen LogP contribution in [0.3, 0.4) is 0 Å². The van der Waals surface area contributed by atoms with Crippen molar-refractivity contribution in [1.82, 2.24) is 15.1 Å². The Balaban J connectivity index is 1.96. The number of aromatic nitrogens is 2. The van der Waals surface area contributed by atoms with Crippen molar-refractivity contribution in [1.29, 1.82) is 0 Å². The van der Waals surface area contributed by atoms with Gasteiger partial charge >= 0.3 is 0 Å². The second-order valence-corrected chi connectivity index (χ2v) is 5.84. The molecular weight excluding hydrogens is 282 g/mol. The zero-order valence-corrected chi connectivity index (χ0v) is 12.9. The smallest absolute Gasteiger partial charge is 0.0839 e. The van der Waals surface area contributed by atoms with E-state index in [0.717, 1.165) is 23.1 Å². The van der Waals surface area contributed by atoms with Crippen LogP contribution < -0.4 is 5.32 Å². The molecule has 21 heavy (non-hydrogen) atoms. The molecule has 1 N–H and O–H groups in total. The maximum absolute atomic E-state index is 6.45. The van der Waals surface area contributed by atoms with Crippen LogP contribution in [-0.4, -0.2) is 15.8 Å². The molecule has 1 aromatic heterocycles. The quantitative estimate of drug-likeness (QED) is 0.783. The summed E-state index contributed by atoms with van der Waals surface area (Å²) in [5.41, 5.74) is 3.15. The summed E-state index contributed by atoms with van der Waals surface area (Å²) in [6, 6.07) is 14.7. The normalized spacial score (nSPS) is 11.4. The molecule has 3 aromatic rings. The predicted octanol–water partition coefficient (Wildman–Crippen LogP) is 4.18. The highest BCUT2D eigenvalue weighted by atomic mass is 35.5. The summed E-state index contributed by atoms with van der Waals surface area (Å²) in [6.45, 7) is 5.08. The first-order valence-electron chi connectivity index (χ1n) is 7.10. The molecule has 0 aliphatic rings. The molecule has 0 atom stereocenters. The van der Waals surface area contributed by atoms with Gasteiger partial charge in [0.25, 0.3) is 0 Å². The second kappa shape index (κ2) is 5.88. The van der Waals surface area contributed by atoms with Gasteiger partial charge in [-0.1, -0.05) is 49.7 Å². The first-order valence-corrected chi connectivity index (χ1v) is 7.48. The summed E-state index contributed by atoms with van der Waals surface area (Å²) >= 11 is 6.45. The molecule has 3 rings (SSSR count). The highest BCUT2D eigenvalue weighted by Gasteiger charge is 2.08. The monoisotopic (exact) mass is 299 g/mol. The Bertz CT molecular complexity index is 762. The number of nitrogens with one attached hydrogen (secondary N) is 1. The van der Waals surface area contributed by atoms with Crippen molar-refractivity contribution in [3.8, 4) is 5.69 Å². The molecule has 3 nitrogen and oxygen atoms in total. The Labute approximate surface area is 129 Å². The maximum atomic E-state index is 6.45. The van der Waals surface area contributed by atoms with E-state index in [1.807, 2.05) is 47.3 Å². The highest BCUT2D eigenvalue weighted by Crippen LogP contribution is 2.25. The molecule has 0 spiro atoms. The van der Waals surface area contributed by atoms with Crippen molar-refractivity contribution >= 4 is 22.5 Å². The van der Waals surface area contributed by atoms with Crippen LogP contribution in [0, 0.1) is 0 Å². The van der Waals surface area contributed by atoms with Crippen molar-refractivity contribution in [2.24, 2.45) is 0 Å². The van der Waals surface area contributed by atoms with Crippen LogP contribution >= 0.6 is 11.6 Å². The number of rotatable bonds is 4. The van der Waals surface area contributed by atoms with Gasteiger partial charge in [0.05, 0.1) is 22.4 Å². The minimum atomic E-state index is 0.457. The lowest BCUT2D eigenvalue weighted by Crippen LogP contribution is -2.21. The Hall–Kier alpha value is -1.84. The van der Waals surface area contributed by atoms with E-state index in [4.69, 9.17) is 11.6 Å². The third-order valence-corrected chi connectivity index (χ3v) is 3.73. The lowest BCUT2D eigenvalue weighted by Gasteiger charge is -2.11. The second-order valence-electron chi connectivity index (χ2n) is 5.44. The van der Waals surface area contributed by atoms with E-state index in [-0.39, 0.29) is 0 Å². The molecule has 0 bridgehead atoms. The molecule has 0 aliphatic heterocycles. The number of nitrogens with zero attached hydrogens (tertiary/aromatic N) is 2. The van der Waals surface area contributed by atoms with Crippen LogP contribution in [0.2, 0.25) is 5.02 Å². The molecule has 4 heteroatoms. The van der Waals surface area contributed by atoms with Gasteiger partial charge in [0, 0.05) is 18.0 Å². The summed E-state index contributed by atoms with van der Waals surface area (Å²) in [6.07, 6.45) is 1.86. The molecule has 0 saturated carbocycles. The molecule has 0 aliphatic carbocycles. The van der Waals surface area contributed by atoms with Crippen molar-refractivity contribution in [2.75, 3.05) is 0 Å². The van der Waals surface area contributed by atoms with Crippen LogP contribution in [0.5, 0.6) is 0 Å². The molecule has 0 unspecified atom stereocenters. The summed E-state index contributed by atoms with van der Waals surface area (Å²) in [5.74, 6) is 0. The number of fused-ring (bicyclic) bond motifs is 1. The van der Waals surface area contributed by atoms with Crippen LogP contribution in [0.25, 0.3) is 16.6 Å². The Morgan fingerprint density at radius 3 is 2.76 bits per heavy atom. The number of hydrogen-bond acceptors (Lipinski definition) is 2. The summed E-state index contributed by atoms with van der Waals surface area (Å²) in [5, 5.41) is 9.66. The van der Waals surface area contributed by atoms with Crippen molar-refractivity contribution < 1.29 is 0 Å². The van der Waals surface area contributed by atoms with Crippen LogP contribution in [0.1, 0.15) is 19.4 Å². The largest absolute Gasteiger partial charge is 0.310 e. The average Bonchev–Trinajstić information content (AvgIpc) is 2.89. The SMILES string of the molecule is CC(C)NCc1ccc(-n2ncc3ccccc32)c(Cl)c1. The molecule has 0 radical (unpaired) electrons. The van der Waals surface area contributed by atoms with Crippen LogP contribution in [-0.2, 0) is 6.54 Å². The Kier molecular flexibility index (Phi) is 3.95. The van der Waals surface area contributed by atoms with Gasteiger partial charge in [-0.25, -0.2) is 4.68 Å². The van der Waals surface area contributed by atoms with Crippen molar-refractivity contribution in [3.05, 3.63) is 59.2 Å². The number of para-hydroxylation sites is 1. The van der Waals surface area contributed by atoms with Gasteiger partial charge in [-0.2, -0.15) is 5.10 Å². The fourth-order valence-electron chi connectivity index (χ4n) is 2.32. The summed E-state index contributed by atoms with van der Waals surface area (Å²) < 4.78 is 1.89. The molecule has 0 amide bonds. The average molecular weight is 300 g/mol. The topological polar surface area (TPSA) is 29.9 Å². The molecule has 2 aromatic carbocycles. The van der Waals surface area contributed by atoms with E-state index in [2.05, 4.69) is 30.3 Å². The standard InChI is InChI=1S/C17H18ClN3/c1-12(2)19-10-13-7-8-17(15(18)9-13)21-16-6-4-3-5-14(16)11-20-21/h3-9,11-12,19H,10H2,1-2H3. The van der Waals surface area contributed by atoms with E-state index >= 15 is 0 Å². The van der Waals surface area contributed by atoms with E-state index in [9.17, 15) is 0 Å². The third kappa shape index (κ3) is 2.94. The highest BCUT2D eigenvalue weighted by molar-refractivity contribution is 6.32. The minimum Gasteiger partial charge on any atom is -0.310 e. The number of benzene rings is 2. The molecule has 0 saturated heterocycles. The number of hydrogen-bond donors (Lipinski definition) is 1. The van der Waals surface area contributed by atoms with Crippen molar-refractivity contribution in [2.45, 2.75) is 26.4 Å². The van der Waals surface area contributed by atoms with Gasteiger partial charge in [0.1, 0.15) is 0 Å².